The fraction of sp³-hybridized carbons (Fsp3) is 1.00. The molecule has 0 rings (SSSR count). The van der Waals surface area contributed by atoms with Crippen LogP contribution in [0.3, 0.4) is 0 Å². The first-order valence-electron chi connectivity index (χ1n) is 1.00. The van der Waals surface area contributed by atoms with E-state index in [1.165, 1.54) is 0 Å². The van der Waals surface area contributed by atoms with E-state index in [2.05, 4.69) is 0 Å². The molecule has 0 spiro atoms. The Morgan fingerprint density at radius 3 is 1.00 bits per heavy atom. The van der Waals surface area contributed by atoms with Crippen LogP contribution in [0.25, 0.3) is 0 Å². The minimum Gasteiger partial charge on any atom is -0.0683 e. The van der Waals surface area contributed by atoms with Crippen molar-refractivity contribution in [2.24, 2.45) is 0 Å². The van der Waals surface area contributed by atoms with E-state index in [1.54, 1.807) is 0 Å². The molecule has 0 aromatic carbocycles. The second-order valence-corrected chi connectivity index (χ2v) is 0. The zero-order valence-corrected chi connectivity index (χ0v) is 7.19. The van der Waals surface area contributed by atoms with E-state index in [1.807, 2.05) is 13.8 Å². The third-order valence-corrected chi connectivity index (χ3v) is 0. The molecular formula is C2H6VW. The van der Waals surface area contributed by atoms with Crippen molar-refractivity contribution >= 4 is 0 Å². The van der Waals surface area contributed by atoms with Gasteiger partial charge in [0, 0.05) is 39.6 Å². The molecule has 0 saturated carbocycles. The smallest absolute Gasteiger partial charge is 0 e. The van der Waals surface area contributed by atoms with Crippen molar-refractivity contribution in [1.82, 2.24) is 0 Å². The minimum absolute atomic E-state index is 0. The van der Waals surface area contributed by atoms with E-state index >= 15 is 0 Å². The molecule has 0 aromatic rings. The summed E-state index contributed by atoms with van der Waals surface area (Å²) >= 11 is 0. The van der Waals surface area contributed by atoms with Gasteiger partial charge in [0.2, 0.25) is 0 Å². The maximum atomic E-state index is 2.00. The third-order valence-electron chi connectivity index (χ3n) is 0. The zero-order valence-electron chi connectivity index (χ0n) is 2.86. The van der Waals surface area contributed by atoms with Crippen molar-refractivity contribution in [3.63, 3.8) is 0 Å². The Balaban J connectivity index is -0.00000000500. The summed E-state index contributed by atoms with van der Waals surface area (Å²) in [6, 6.07) is 0. The van der Waals surface area contributed by atoms with Crippen molar-refractivity contribution in [3.05, 3.63) is 0 Å². The molecule has 0 unspecified atom stereocenters. The zero-order chi connectivity index (χ0) is 2.00. The molecule has 0 nitrogen and oxygen atoms in total. The maximum Gasteiger partial charge on any atom is 0 e. The molecule has 0 fully saturated rings. The SMILES string of the molecule is CC.[V].[W]. The molecule has 0 N–H and O–H groups in total. The quantitative estimate of drug-likeness (QED) is 0.613. The largest absolute Gasteiger partial charge is 0.0683 e. The Labute approximate surface area is 53.5 Å². The number of hydrogen-bond acceptors (Lipinski definition) is 0. The van der Waals surface area contributed by atoms with Gasteiger partial charge >= 0.3 is 0 Å². The van der Waals surface area contributed by atoms with E-state index in [0.717, 1.165) is 0 Å². The van der Waals surface area contributed by atoms with E-state index in [0.29, 0.717) is 0 Å². The van der Waals surface area contributed by atoms with Crippen molar-refractivity contribution in [3.8, 4) is 0 Å². The Morgan fingerprint density at radius 1 is 1.00 bits per heavy atom. The molecule has 0 amide bonds. The van der Waals surface area contributed by atoms with E-state index < -0.39 is 0 Å². The molecule has 4 heavy (non-hydrogen) atoms. The number of rotatable bonds is 0. The van der Waals surface area contributed by atoms with E-state index in [4.69, 9.17) is 0 Å². The molecule has 25 valence electrons. The summed E-state index contributed by atoms with van der Waals surface area (Å²) in [5.41, 5.74) is 0. The average molecular weight is 265 g/mol. The van der Waals surface area contributed by atoms with Crippen LogP contribution in [0.4, 0.5) is 0 Å². The van der Waals surface area contributed by atoms with Crippen LogP contribution in [0.2, 0.25) is 0 Å². The van der Waals surface area contributed by atoms with Crippen LogP contribution in [-0.4, -0.2) is 0 Å². The summed E-state index contributed by atoms with van der Waals surface area (Å²) < 4.78 is 0. The molecule has 1 radical (unpaired) electrons. The third kappa shape index (κ3) is 10.4. The van der Waals surface area contributed by atoms with Gasteiger partial charge < -0.3 is 0 Å². The maximum absolute atomic E-state index is 2.00. The van der Waals surface area contributed by atoms with Crippen LogP contribution in [0.1, 0.15) is 13.8 Å². The van der Waals surface area contributed by atoms with Gasteiger partial charge in [-0.3, -0.25) is 0 Å². The molecule has 0 bridgehead atoms. The second-order valence-electron chi connectivity index (χ2n) is 0. The van der Waals surface area contributed by atoms with Crippen molar-refractivity contribution < 1.29 is 39.6 Å². The van der Waals surface area contributed by atoms with Gasteiger partial charge in [0.25, 0.3) is 0 Å². The summed E-state index contributed by atoms with van der Waals surface area (Å²) in [7, 11) is 0. The molecule has 0 saturated heterocycles. The van der Waals surface area contributed by atoms with Gasteiger partial charge in [-0.25, -0.2) is 0 Å². The molecule has 0 atom stereocenters. The van der Waals surface area contributed by atoms with Crippen LogP contribution in [0.5, 0.6) is 0 Å². The van der Waals surface area contributed by atoms with Crippen molar-refractivity contribution in [2.45, 2.75) is 13.8 Å². The first kappa shape index (κ1) is 18.6. The van der Waals surface area contributed by atoms with Gasteiger partial charge in [-0.05, 0) is 0 Å². The summed E-state index contributed by atoms with van der Waals surface area (Å²) in [6.07, 6.45) is 0. The first-order chi connectivity index (χ1) is 1.00. The predicted molar refractivity (Wildman–Crippen MR) is 11.3 cm³/mol. The first-order valence-corrected chi connectivity index (χ1v) is 1.00. The van der Waals surface area contributed by atoms with Crippen LogP contribution in [-0.2, 0) is 39.6 Å². The van der Waals surface area contributed by atoms with Crippen molar-refractivity contribution in [2.75, 3.05) is 0 Å². The molecule has 0 heterocycles. The topological polar surface area (TPSA) is 0 Å². The summed E-state index contributed by atoms with van der Waals surface area (Å²) in [5, 5.41) is 0. The summed E-state index contributed by atoms with van der Waals surface area (Å²) in [5.74, 6) is 0. The molecule has 0 aliphatic carbocycles. The normalized spacial score (nSPS) is 1.50. The van der Waals surface area contributed by atoms with Gasteiger partial charge in [0.05, 0.1) is 0 Å². The van der Waals surface area contributed by atoms with Crippen LogP contribution < -0.4 is 0 Å². The van der Waals surface area contributed by atoms with Crippen LogP contribution >= 0.6 is 0 Å². The van der Waals surface area contributed by atoms with Gasteiger partial charge in [-0.15, -0.1) is 0 Å². The second kappa shape index (κ2) is 28.3. The average Bonchev–Trinajstić information content (AvgIpc) is 1.00. The molecule has 0 aliphatic rings. The molecule has 0 aliphatic heterocycles. The molecule has 0 aromatic heterocycles. The Morgan fingerprint density at radius 2 is 1.00 bits per heavy atom. The van der Waals surface area contributed by atoms with Gasteiger partial charge in [0.1, 0.15) is 0 Å². The van der Waals surface area contributed by atoms with Gasteiger partial charge in [-0.2, -0.15) is 0 Å². The number of hydrogen-bond donors (Lipinski definition) is 0. The van der Waals surface area contributed by atoms with Gasteiger partial charge in [0.15, 0.2) is 0 Å². The molecular weight excluding hydrogens is 259 g/mol. The Hall–Kier alpha value is 1.27. The van der Waals surface area contributed by atoms with Crippen LogP contribution in [0, 0.1) is 0 Å². The summed E-state index contributed by atoms with van der Waals surface area (Å²) in [4.78, 5) is 0. The molecule has 2 heteroatoms. The van der Waals surface area contributed by atoms with Crippen molar-refractivity contribution in [1.29, 1.82) is 0 Å². The predicted octanol–water partition coefficient (Wildman–Crippen LogP) is 1.02. The summed E-state index contributed by atoms with van der Waals surface area (Å²) in [6.45, 7) is 4.00. The van der Waals surface area contributed by atoms with E-state index in [9.17, 15) is 0 Å². The standard InChI is InChI=1S/C2H6.V.W/c1-2;;/h1-2H3;;. The Kier molecular flexibility index (Phi) is 132. The van der Waals surface area contributed by atoms with E-state index in [-0.39, 0.29) is 39.6 Å². The van der Waals surface area contributed by atoms with Crippen LogP contribution in [0.15, 0.2) is 0 Å². The fourth-order valence-corrected chi connectivity index (χ4v) is 0. The Bertz CT molecular complexity index is 6.00. The minimum atomic E-state index is 0. The van der Waals surface area contributed by atoms with Gasteiger partial charge in [-0.1, -0.05) is 13.8 Å². The fourth-order valence-electron chi connectivity index (χ4n) is 0. The monoisotopic (exact) mass is 265 g/mol.